The van der Waals surface area contributed by atoms with Gasteiger partial charge in [-0.15, -0.1) is 6.58 Å². The Morgan fingerprint density at radius 1 is 1.17 bits per heavy atom. The number of hydrogen-bond acceptors (Lipinski definition) is 4. The zero-order chi connectivity index (χ0) is 21.9. The van der Waals surface area contributed by atoms with Crippen LogP contribution in [0.1, 0.15) is 24.5 Å². The first-order valence-electron chi connectivity index (χ1n) is 9.68. The van der Waals surface area contributed by atoms with Gasteiger partial charge in [-0.3, -0.25) is 14.9 Å². The number of anilines is 1. The number of nitrogens with zero attached hydrogens (tertiary/aromatic N) is 2. The van der Waals surface area contributed by atoms with Crippen molar-refractivity contribution in [3.05, 3.63) is 82.4 Å². The van der Waals surface area contributed by atoms with Crippen LogP contribution in [0.2, 0.25) is 0 Å². The second kappa shape index (κ2) is 11.4. The van der Waals surface area contributed by atoms with E-state index in [0.29, 0.717) is 24.3 Å². The smallest absolute Gasteiger partial charge is 0.319 e. The molecule has 8 heteroatoms. The highest BCUT2D eigenvalue weighted by atomic mass is 16.6. The zero-order valence-electron chi connectivity index (χ0n) is 17.0. The molecule has 0 bridgehead atoms. The van der Waals surface area contributed by atoms with Crippen molar-refractivity contribution < 1.29 is 14.5 Å². The van der Waals surface area contributed by atoms with E-state index in [2.05, 4.69) is 17.2 Å². The molecule has 0 aromatic heterocycles. The van der Waals surface area contributed by atoms with Gasteiger partial charge in [-0.25, -0.2) is 4.79 Å². The van der Waals surface area contributed by atoms with E-state index in [-0.39, 0.29) is 30.6 Å². The monoisotopic (exact) mass is 410 g/mol. The normalized spacial score (nSPS) is 10.2. The first-order chi connectivity index (χ1) is 14.4. The van der Waals surface area contributed by atoms with Crippen LogP contribution in [0, 0.1) is 10.1 Å². The highest BCUT2D eigenvalue weighted by Gasteiger charge is 2.15. The summed E-state index contributed by atoms with van der Waals surface area (Å²) in [6.07, 6.45) is 2.65. The number of urea groups is 1. The molecule has 0 saturated carbocycles. The number of nitrogens with one attached hydrogen (secondary N) is 2. The minimum Gasteiger partial charge on any atom is -0.338 e. The predicted octanol–water partition coefficient (Wildman–Crippen LogP) is 3.88. The van der Waals surface area contributed by atoms with Gasteiger partial charge in [0.25, 0.3) is 5.69 Å². The van der Waals surface area contributed by atoms with Crippen LogP contribution in [-0.2, 0) is 17.8 Å². The number of carbonyl (C=O) groups is 2. The lowest BCUT2D eigenvalue weighted by Gasteiger charge is -2.21. The van der Waals surface area contributed by atoms with Crippen molar-refractivity contribution in [3.63, 3.8) is 0 Å². The van der Waals surface area contributed by atoms with Crippen LogP contribution in [-0.4, -0.2) is 34.9 Å². The van der Waals surface area contributed by atoms with Gasteiger partial charge in [-0.05, 0) is 29.7 Å². The van der Waals surface area contributed by atoms with Crippen molar-refractivity contribution in [3.8, 4) is 0 Å². The maximum absolute atomic E-state index is 12.8. The molecule has 8 nitrogen and oxygen atoms in total. The van der Waals surface area contributed by atoms with E-state index < -0.39 is 4.92 Å². The minimum absolute atomic E-state index is 0.00966. The third kappa shape index (κ3) is 7.05. The number of rotatable bonds is 10. The maximum atomic E-state index is 12.8. The largest absolute Gasteiger partial charge is 0.338 e. The molecule has 0 heterocycles. The number of non-ortho nitro benzene ring substituents is 1. The van der Waals surface area contributed by atoms with E-state index >= 15 is 0 Å². The molecule has 0 aliphatic heterocycles. The second-order valence-corrected chi connectivity index (χ2v) is 6.74. The third-order valence-electron chi connectivity index (χ3n) is 4.30. The molecule has 2 rings (SSSR count). The highest BCUT2D eigenvalue weighted by molar-refractivity contribution is 5.89. The molecule has 0 saturated heterocycles. The summed E-state index contributed by atoms with van der Waals surface area (Å²) in [5, 5.41) is 16.4. The lowest BCUT2D eigenvalue weighted by atomic mass is 10.1. The quantitative estimate of drug-likeness (QED) is 0.352. The molecule has 2 aromatic carbocycles. The Labute approximate surface area is 175 Å². The molecule has 30 heavy (non-hydrogen) atoms. The fourth-order valence-electron chi connectivity index (χ4n) is 2.81. The van der Waals surface area contributed by atoms with Crippen LogP contribution < -0.4 is 10.6 Å². The van der Waals surface area contributed by atoms with E-state index in [0.717, 1.165) is 12.0 Å². The number of nitro groups is 1. The van der Waals surface area contributed by atoms with Crippen LogP contribution in [0.3, 0.4) is 0 Å². The van der Waals surface area contributed by atoms with Gasteiger partial charge in [0.15, 0.2) is 0 Å². The van der Waals surface area contributed by atoms with Gasteiger partial charge in [0.05, 0.1) is 11.3 Å². The Morgan fingerprint density at radius 2 is 1.90 bits per heavy atom. The fourth-order valence-corrected chi connectivity index (χ4v) is 2.81. The molecular formula is C22H26N4O4. The van der Waals surface area contributed by atoms with Crippen LogP contribution in [0.15, 0.2) is 61.2 Å². The van der Waals surface area contributed by atoms with E-state index in [1.165, 1.54) is 12.1 Å². The standard InChI is InChI=1S/C22H26N4O4/c1-3-12-23-22(28)24-19-10-8-17(9-11-19)15-21(27)25(13-4-2)16-18-6-5-7-20(14-18)26(29)30/h4-11,14H,2-3,12-13,15-16H2,1H3,(H2,23,24,28). The Kier molecular flexibility index (Phi) is 8.56. The van der Waals surface area contributed by atoms with E-state index in [1.807, 2.05) is 6.92 Å². The molecule has 0 aliphatic carbocycles. The lowest BCUT2D eigenvalue weighted by molar-refractivity contribution is -0.384. The summed E-state index contributed by atoms with van der Waals surface area (Å²) < 4.78 is 0. The molecule has 2 N–H and O–H groups in total. The van der Waals surface area contributed by atoms with Crippen LogP contribution in [0.5, 0.6) is 0 Å². The number of benzene rings is 2. The molecular weight excluding hydrogens is 384 g/mol. The first kappa shape index (κ1) is 22.6. The molecule has 0 spiro atoms. The van der Waals surface area contributed by atoms with E-state index in [4.69, 9.17) is 0 Å². The number of carbonyl (C=O) groups excluding carboxylic acids is 2. The molecule has 0 atom stereocenters. The second-order valence-electron chi connectivity index (χ2n) is 6.74. The first-order valence-corrected chi connectivity index (χ1v) is 9.68. The van der Waals surface area contributed by atoms with Crippen molar-refractivity contribution >= 4 is 23.3 Å². The molecule has 3 amide bonds. The van der Waals surface area contributed by atoms with Crippen molar-refractivity contribution in [2.24, 2.45) is 0 Å². The summed E-state index contributed by atoms with van der Waals surface area (Å²) in [6.45, 7) is 6.85. The minimum atomic E-state index is -0.457. The van der Waals surface area contributed by atoms with Crippen molar-refractivity contribution in [1.29, 1.82) is 0 Å². The van der Waals surface area contributed by atoms with Gasteiger partial charge in [0, 0.05) is 37.5 Å². The fraction of sp³-hybridized carbons (Fsp3) is 0.273. The third-order valence-corrected chi connectivity index (χ3v) is 4.30. The van der Waals surface area contributed by atoms with Crippen molar-refractivity contribution in [2.45, 2.75) is 26.3 Å². The van der Waals surface area contributed by atoms with E-state index in [9.17, 15) is 19.7 Å². The molecule has 2 aromatic rings. The van der Waals surface area contributed by atoms with Gasteiger partial charge >= 0.3 is 6.03 Å². The molecule has 0 fully saturated rings. The van der Waals surface area contributed by atoms with Gasteiger partial charge in [-0.1, -0.05) is 37.3 Å². The lowest BCUT2D eigenvalue weighted by Crippen LogP contribution is -2.32. The average Bonchev–Trinajstić information content (AvgIpc) is 2.73. The molecule has 0 radical (unpaired) electrons. The van der Waals surface area contributed by atoms with Gasteiger partial charge in [-0.2, -0.15) is 0 Å². The van der Waals surface area contributed by atoms with Gasteiger partial charge in [0.1, 0.15) is 0 Å². The summed E-state index contributed by atoms with van der Waals surface area (Å²) in [7, 11) is 0. The summed E-state index contributed by atoms with van der Waals surface area (Å²) in [5.41, 5.74) is 2.11. The SMILES string of the molecule is C=CCN(Cc1cccc([N+](=O)[O-])c1)C(=O)Cc1ccc(NC(=O)NCCC)cc1. The molecule has 0 aliphatic rings. The predicted molar refractivity (Wildman–Crippen MR) is 116 cm³/mol. The summed E-state index contributed by atoms with van der Waals surface area (Å²) in [6, 6.07) is 13.0. The van der Waals surface area contributed by atoms with Gasteiger partial charge < -0.3 is 15.5 Å². The van der Waals surface area contributed by atoms with Crippen molar-refractivity contribution in [2.75, 3.05) is 18.4 Å². The number of amides is 3. The highest BCUT2D eigenvalue weighted by Crippen LogP contribution is 2.16. The molecule has 0 unspecified atom stereocenters. The summed E-state index contributed by atoms with van der Waals surface area (Å²) in [4.78, 5) is 36.6. The topological polar surface area (TPSA) is 105 Å². The van der Waals surface area contributed by atoms with Crippen LogP contribution in [0.25, 0.3) is 0 Å². The average molecular weight is 410 g/mol. The number of nitro benzene ring substituents is 1. The molecule has 158 valence electrons. The Hall–Kier alpha value is -3.68. The van der Waals surface area contributed by atoms with Crippen molar-refractivity contribution in [1.82, 2.24) is 10.2 Å². The Morgan fingerprint density at radius 3 is 2.53 bits per heavy atom. The van der Waals surface area contributed by atoms with Crippen LogP contribution in [0.4, 0.5) is 16.2 Å². The summed E-state index contributed by atoms with van der Waals surface area (Å²) in [5.74, 6) is -0.122. The maximum Gasteiger partial charge on any atom is 0.319 e. The van der Waals surface area contributed by atoms with Gasteiger partial charge in [0.2, 0.25) is 5.91 Å². The Balaban J connectivity index is 2.00. The summed E-state index contributed by atoms with van der Waals surface area (Å²) >= 11 is 0. The number of hydrogen-bond donors (Lipinski definition) is 2. The van der Waals surface area contributed by atoms with Crippen LogP contribution >= 0.6 is 0 Å². The zero-order valence-corrected chi connectivity index (χ0v) is 17.0. The van der Waals surface area contributed by atoms with E-state index in [1.54, 1.807) is 47.4 Å². The Bertz CT molecular complexity index is 896.